The number of benzene rings is 1. The predicted octanol–water partition coefficient (Wildman–Crippen LogP) is 2.75. The fraction of sp³-hybridized carbons (Fsp3) is 0.500. The van der Waals surface area contributed by atoms with Crippen LogP contribution in [0.15, 0.2) is 24.3 Å². The van der Waals surface area contributed by atoms with Gasteiger partial charge in [0.25, 0.3) is 0 Å². The number of aliphatic carboxylic acids is 1. The monoisotopic (exact) mass is 216 g/mol. The van der Waals surface area contributed by atoms with Crippen molar-refractivity contribution in [3.05, 3.63) is 35.4 Å². The molecule has 3 aliphatic rings. The highest BCUT2D eigenvalue weighted by Crippen LogP contribution is 2.63. The van der Waals surface area contributed by atoms with E-state index in [2.05, 4.69) is 31.2 Å². The first kappa shape index (κ1) is 9.88. The lowest BCUT2D eigenvalue weighted by molar-refractivity contribution is -0.150. The van der Waals surface area contributed by atoms with Crippen molar-refractivity contribution < 1.29 is 9.90 Å². The van der Waals surface area contributed by atoms with Gasteiger partial charge in [-0.25, -0.2) is 0 Å². The van der Waals surface area contributed by atoms with Crippen molar-refractivity contribution in [2.45, 2.75) is 31.6 Å². The van der Waals surface area contributed by atoms with Crippen molar-refractivity contribution in [2.24, 2.45) is 11.8 Å². The second kappa shape index (κ2) is 3.09. The van der Waals surface area contributed by atoms with E-state index in [4.69, 9.17) is 0 Å². The SMILES string of the molecule is Cc1ccc(C23CCC(C2)C3C(=O)O)cc1. The molecule has 2 heteroatoms. The Hall–Kier alpha value is -1.31. The molecule has 16 heavy (non-hydrogen) atoms. The lowest BCUT2D eigenvalue weighted by Crippen LogP contribution is -2.48. The van der Waals surface area contributed by atoms with E-state index in [0.717, 1.165) is 19.3 Å². The second-order valence-electron chi connectivity index (χ2n) is 5.34. The molecule has 3 unspecified atom stereocenters. The third-order valence-electron chi connectivity index (χ3n) is 4.55. The number of hydrogen-bond acceptors (Lipinski definition) is 1. The van der Waals surface area contributed by atoms with Gasteiger partial charge in [-0.05, 0) is 37.7 Å². The van der Waals surface area contributed by atoms with E-state index in [1.54, 1.807) is 0 Å². The maximum atomic E-state index is 11.3. The van der Waals surface area contributed by atoms with Gasteiger partial charge in [0, 0.05) is 5.41 Å². The summed E-state index contributed by atoms with van der Waals surface area (Å²) < 4.78 is 0. The molecule has 0 radical (unpaired) electrons. The molecule has 2 nitrogen and oxygen atoms in total. The fourth-order valence-electron chi connectivity index (χ4n) is 3.74. The number of fused-ring (bicyclic) bond motifs is 1. The normalized spacial score (nSPS) is 35.8. The van der Waals surface area contributed by atoms with Gasteiger partial charge in [-0.15, -0.1) is 0 Å². The molecule has 0 aromatic heterocycles. The highest BCUT2D eigenvalue weighted by atomic mass is 16.4. The van der Waals surface area contributed by atoms with Gasteiger partial charge in [0.15, 0.2) is 0 Å². The van der Waals surface area contributed by atoms with Gasteiger partial charge in [0.2, 0.25) is 0 Å². The largest absolute Gasteiger partial charge is 0.481 e. The van der Waals surface area contributed by atoms with Crippen LogP contribution in [-0.2, 0) is 10.2 Å². The average molecular weight is 216 g/mol. The zero-order valence-corrected chi connectivity index (χ0v) is 9.44. The Kier molecular flexibility index (Phi) is 1.91. The standard InChI is InChI=1S/C14H16O2/c1-9-2-4-11(5-3-9)14-7-6-10(8-14)12(14)13(15)16/h2-5,10,12H,6-8H2,1H3,(H,15,16). The van der Waals surface area contributed by atoms with Gasteiger partial charge >= 0.3 is 5.97 Å². The van der Waals surface area contributed by atoms with Crippen LogP contribution in [0, 0.1) is 18.8 Å². The lowest BCUT2D eigenvalue weighted by Gasteiger charge is -2.45. The Morgan fingerprint density at radius 1 is 1.38 bits per heavy atom. The quantitative estimate of drug-likeness (QED) is 0.825. The molecule has 1 N–H and O–H groups in total. The van der Waals surface area contributed by atoms with Crippen LogP contribution in [-0.4, -0.2) is 11.1 Å². The molecular formula is C14H16O2. The van der Waals surface area contributed by atoms with Crippen LogP contribution >= 0.6 is 0 Å². The lowest BCUT2D eigenvalue weighted by atomic mass is 9.57. The molecule has 3 aliphatic carbocycles. The van der Waals surface area contributed by atoms with Crippen LogP contribution in [0.2, 0.25) is 0 Å². The summed E-state index contributed by atoms with van der Waals surface area (Å²) in [5.41, 5.74) is 2.43. The van der Waals surface area contributed by atoms with E-state index in [1.165, 1.54) is 11.1 Å². The molecule has 84 valence electrons. The van der Waals surface area contributed by atoms with Gasteiger partial charge in [0.05, 0.1) is 5.92 Å². The van der Waals surface area contributed by atoms with Crippen LogP contribution in [0.4, 0.5) is 0 Å². The average Bonchev–Trinajstić information content (AvgIpc) is 2.76. The van der Waals surface area contributed by atoms with E-state index in [-0.39, 0.29) is 11.3 Å². The molecule has 0 saturated heterocycles. The Bertz CT molecular complexity index is 431. The molecule has 0 aliphatic heterocycles. The van der Waals surface area contributed by atoms with Crippen LogP contribution in [0.1, 0.15) is 30.4 Å². The van der Waals surface area contributed by atoms with Gasteiger partial charge in [0.1, 0.15) is 0 Å². The third kappa shape index (κ3) is 1.10. The van der Waals surface area contributed by atoms with Crippen molar-refractivity contribution in [1.29, 1.82) is 0 Å². The van der Waals surface area contributed by atoms with Crippen molar-refractivity contribution in [2.75, 3.05) is 0 Å². The number of rotatable bonds is 2. The third-order valence-corrected chi connectivity index (χ3v) is 4.55. The van der Waals surface area contributed by atoms with Gasteiger partial charge in [-0.3, -0.25) is 4.79 Å². The highest BCUT2D eigenvalue weighted by Gasteiger charge is 2.62. The summed E-state index contributed by atoms with van der Waals surface area (Å²) >= 11 is 0. The highest BCUT2D eigenvalue weighted by molar-refractivity contribution is 5.75. The van der Waals surface area contributed by atoms with E-state index in [1.807, 2.05) is 0 Å². The van der Waals surface area contributed by atoms with Gasteiger partial charge in [-0.1, -0.05) is 29.8 Å². The first-order valence-corrected chi connectivity index (χ1v) is 5.93. The molecule has 0 amide bonds. The number of carboxylic acids is 1. The molecule has 3 fully saturated rings. The zero-order chi connectivity index (χ0) is 11.3. The summed E-state index contributed by atoms with van der Waals surface area (Å²) in [4.78, 5) is 11.3. The first-order valence-electron chi connectivity index (χ1n) is 5.93. The van der Waals surface area contributed by atoms with Gasteiger partial charge < -0.3 is 5.11 Å². The molecule has 4 rings (SSSR count). The Balaban J connectivity index is 2.00. The van der Waals surface area contributed by atoms with Crippen molar-refractivity contribution in [3.8, 4) is 0 Å². The minimum absolute atomic E-state index is 0.0375. The second-order valence-corrected chi connectivity index (χ2v) is 5.34. The predicted molar refractivity (Wildman–Crippen MR) is 61.3 cm³/mol. The fourth-order valence-corrected chi connectivity index (χ4v) is 3.74. The maximum absolute atomic E-state index is 11.3. The van der Waals surface area contributed by atoms with Crippen molar-refractivity contribution in [1.82, 2.24) is 0 Å². The van der Waals surface area contributed by atoms with E-state index < -0.39 is 5.97 Å². The summed E-state index contributed by atoms with van der Waals surface area (Å²) in [5.74, 6) is -0.302. The Morgan fingerprint density at radius 3 is 2.62 bits per heavy atom. The smallest absolute Gasteiger partial charge is 0.307 e. The summed E-state index contributed by atoms with van der Waals surface area (Å²) in [7, 11) is 0. The first-order chi connectivity index (χ1) is 7.63. The van der Waals surface area contributed by atoms with Crippen LogP contribution in [0.25, 0.3) is 0 Å². The minimum Gasteiger partial charge on any atom is -0.481 e. The molecule has 1 aromatic carbocycles. The van der Waals surface area contributed by atoms with Gasteiger partial charge in [-0.2, -0.15) is 0 Å². The van der Waals surface area contributed by atoms with E-state index in [9.17, 15) is 9.90 Å². The summed E-state index contributed by atoms with van der Waals surface area (Å²) in [6, 6.07) is 8.42. The zero-order valence-electron chi connectivity index (χ0n) is 9.44. The molecule has 0 heterocycles. The molecule has 3 atom stereocenters. The number of hydrogen-bond donors (Lipinski definition) is 1. The number of aryl methyl sites for hydroxylation is 1. The molecule has 3 saturated carbocycles. The molecule has 0 spiro atoms. The minimum atomic E-state index is -0.602. The Morgan fingerprint density at radius 2 is 2.06 bits per heavy atom. The van der Waals surface area contributed by atoms with E-state index in [0.29, 0.717) is 5.92 Å². The van der Waals surface area contributed by atoms with E-state index >= 15 is 0 Å². The molecule has 1 aromatic rings. The Labute approximate surface area is 95.3 Å². The van der Waals surface area contributed by atoms with Crippen LogP contribution < -0.4 is 0 Å². The molecule has 2 bridgehead atoms. The number of carbonyl (C=O) groups is 1. The summed E-state index contributed by atoms with van der Waals surface area (Å²) in [5, 5.41) is 9.30. The summed E-state index contributed by atoms with van der Waals surface area (Å²) in [6.07, 6.45) is 3.22. The van der Waals surface area contributed by atoms with Crippen molar-refractivity contribution in [3.63, 3.8) is 0 Å². The maximum Gasteiger partial charge on any atom is 0.307 e. The topological polar surface area (TPSA) is 37.3 Å². The van der Waals surface area contributed by atoms with Crippen LogP contribution in [0.3, 0.4) is 0 Å². The molecular weight excluding hydrogens is 200 g/mol. The van der Waals surface area contributed by atoms with Crippen molar-refractivity contribution >= 4 is 5.97 Å². The van der Waals surface area contributed by atoms with Crippen LogP contribution in [0.5, 0.6) is 0 Å². The summed E-state index contributed by atoms with van der Waals surface area (Å²) in [6.45, 7) is 2.06. The number of carboxylic acid groups (broad SMARTS) is 1.